The predicted molar refractivity (Wildman–Crippen MR) is 88.1 cm³/mol. The number of rotatable bonds is 5. The minimum absolute atomic E-state index is 0.0645. The van der Waals surface area contributed by atoms with Gasteiger partial charge in [-0.1, -0.05) is 35.9 Å². The zero-order valence-corrected chi connectivity index (χ0v) is 13.4. The number of nitrogens with zero attached hydrogens (tertiary/aromatic N) is 3. The van der Waals surface area contributed by atoms with Crippen molar-refractivity contribution in [3.63, 3.8) is 0 Å². The number of carbonyl (C=O) groups excluding carboxylic acids is 1. The Morgan fingerprint density at radius 2 is 1.92 bits per heavy atom. The molecule has 0 aliphatic heterocycles. The molecule has 0 bridgehead atoms. The Balaban J connectivity index is 1.60. The van der Waals surface area contributed by atoms with Gasteiger partial charge in [-0.15, -0.1) is 0 Å². The molecule has 0 saturated heterocycles. The van der Waals surface area contributed by atoms with Gasteiger partial charge in [-0.25, -0.2) is 14.1 Å². The van der Waals surface area contributed by atoms with Gasteiger partial charge in [0.05, 0.1) is 12.1 Å². The largest absolute Gasteiger partial charge is 0.348 e. The molecule has 3 aromatic rings. The van der Waals surface area contributed by atoms with Crippen molar-refractivity contribution in [2.75, 3.05) is 0 Å². The van der Waals surface area contributed by atoms with Crippen molar-refractivity contribution in [3.05, 3.63) is 82.6 Å². The van der Waals surface area contributed by atoms with Crippen LogP contribution in [0, 0.1) is 5.82 Å². The minimum atomic E-state index is -0.597. The van der Waals surface area contributed by atoms with Crippen LogP contribution in [0.25, 0.3) is 0 Å². The average Bonchev–Trinajstić information content (AvgIpc) is 3.09. The molecule has 0 atom stereocenters. The van der Waals surface area contributed by atoms with Crippen LogP contribution in [0.15, 0.2) is 55.1 Å². The van der Waals surface area contributed by atoms with Gasteiger partial charge >= 0.3 is 0 Å². The number of hydrogen-bond donors (Lipinski definition) is 1. The highest BCUT2D eigenvalue weighted by Gasteiger charge is 2.11. The average molecular weight is 345 g/mol. The van der Waals surface area contributed by atoms with Crippen LogP contribution < -0.4 is 5.32 Å². The number of aromatic nitrogens is 3. The van der Waals surface area contributed by atoms with E-state index in [-0.39, 0.29) is 5.56 Å². The monoisotopic (exact) mass is 344 g/mol. The topological polar surface area (TPSA) is 59.8 Å². The molecule has 1 heterocycles. The maximum absolute atomic E-state index is 13.6. The second-order valence-corrected chi connectivity index (χ2v) is 5.65. The molecular formula is C17H14ClFN4O. The number of amides is 1. The molecule has 122 valence electrons. The molecule has 0 aliphatic rings. The first-order valence-corrected chi connectivity index (χ1v) is 7.63. The van der Waals surface area contributed by atoms with Gasteiger partial charge < -0.3 is 5.32 Å². The molecule has 1 amide bonds. The summed E-state index contributed by atoms with van der Waals surface area (Å²) in [6.07, 6.45) is 3.13. The Bertz CT molecular complexity index is 834. The van der Waals surface area contributed by atoms with Crippen molar-refractivity contribution >= 4 is 17.5 Å². The number of benzene rings is 2. The highest BCUT2D eigenvalue weighted by atomic mass is 35.5. The molecular weight excluding hydrogens is 331 g/mol. The lowest BCUT2D eigenvalue weighted by atomic mass is 10.1. The molecule has 0 spiro atoms. The van der Waals surface area contributed by atoms with Crippen LogP contribution in [0.4, 0.5) is 4.39 Å². The van der Waals surface area contributed by atoms with Gasteiger partial charge in [-0.2, -0.15) is 5.10 Å². The van der Waals surface area contributed by atoms with Crippen LogP contribution in [0.5, 0.6) is 0 Å². The summed E-state index contributed by atoms with van der Waals surface area (Å²) in [5, 5.41) is 7.05. The van der Waals surface area contributed by atoms with Crippen LogP contribution in [-0.2, 0) is 13.1 Å². The van der Waals surface area contributed by atoms with E-state index in [0.717, 1.165) is 11.1 Å². The molecule has 2 aromatic carbocycles. The summed E-state index contributed by atoms with van der Waals surface area (Å²) in [5.41, 5.74) is 1.91. The Kier molecular flexibility index (Phi) is 4.86. The van der Waals surface area contributed by atoms with Gasteiger partial charge in [0.25, 0.3) is 5.91 Å². The van der Waals surface area contributed by atoms with Crippen molar-refractivity contribution in [1.82, 2.24) is 20.1 Å². The fourth-order valence-corrected chi connectivity index (χ4v) is 2.39. The smallest absolute Gasteiger partial charge is 0.254 e. The predicted octanol–water partition coefficient (Wildman–Crippen LogP) is 3.05. The molecule has 1 N–H and O–H groups in total. The van der Waals surface area contributed by atoms with Gasteiger partial charge in [-0.05, 0) is 29.3 Å². The highest BCUT2D eigenvalue weighted by molar-refractivity contribution is 6.31. The third-order valence-corrected chi connectivity index (χ3v) is 3.70. The molecule has 0 fully saturated rings. The van der Waals surface area contributed by atoms with Gasteiger partial charge in [0.1, 0.15) is 18.5 Å². The van der Waals surface area contributed by atoms with Crippen molar-refractivity contribution in [3.8, 4) is 0 Å². The summed E-state index contributed by atoms with van der Waals surface area (Å²) in [5.74, 6) is -1.10. The molecule has 5 nitrogen and oxygen atoms in total. The number of carbonyl (C=O) groups is 1. The maximum Gasteiger partial charge on any atom is 0.254 e. The Morgan fingerprint density at radius 1 is 1.17 bits per heavy atom. The highest BCUT2D eigenvalue weighted by Crippen LogP contribution is 2.15. The van der Waals surface area contributed by atoms with E-state index in [2.05, 4.69) is 15.4 Å². The number of nitrogens with one attached hydrogen (secondary N) is 1. The summed E-state index contributed by atoms with van der Waals surface area (Å²) in [6, 6.07) is 11.6. The van der Waals surface area contributed by atoms with Crippen LogP contribution >= 0.6 is 11.6 Å². The molecule has 0 aliphatic carbocycles. The fraction of sp³-hybridized carbons (Fsp3) is 0.118. The number of hydrogen-bond acceptors (Lipinski definition) is 3. The van der Waals surface area contributed by atoms with E-state index in [0.29, 0.717) is 18.1 Å². The maximum atomic E-state index is 13.6. The lowest BCUT2D eigenvalue weighted by Crippen LogP contribution is -2.23. The Hall–Kier alpha value is -2.73. The Morgan fingerprint density at radius 3 is 2.62 bits per heavy atom. The first kappa shape index (κ1) is 16.1. The first-order valence-electron chi connectivity index (χ1n) is 7.25. The van der Waals surface area contributed by atoms with Gasteiger partial charge in [0.2, 0.25) is 0 Å². The van der Waals surface area contributed by atoms with Crippen LogP contribution in [0.2, 0.25) is 5.02 Å². The zero-order chi connectivity index (χ0) is 16.9. The standard InChI is InChI=1S/C17H14ClFN4O/c18-14-5-6-16(19)15(7-14)17(24)21-8-12-1-3-13(4-2-12)9-23-11-20-10-22-23/h1-7,10-11H,8-9H2,(H,21,24). The fourth-order valence-electron chi connectivity index (χ4n) is 2.21. The van der Waals surface area contributed by atoms with E-state index in [9.17, 15) is 9.18 Å². The Labute approximate surface area is 143 Å². The molecule has 7 heteroatoms. The van der Waals surface area contributed by atoms with E-state index in [1.165, 1.54) is 24.5 Å². The molecule has 0 radical (unpaired) electrons. The SMILES string of the molecule is O=C(NCc1ccc(Cn2cncn2)cc1)c1cc(Cl)ccc1F. The summed E-state index contributed by atoms with van der Waals surface area (Å²) in [6.45, 7) is 0.925. The van der Waals surface area contributed by atoms with Crippen LogP contribution in [0.3, 0.4) is 0 Å². The van der Waals surface area contributed by atoms with E-state index in [1.807, 2.05) is 24.3 Å². The van der Waals surface area contributed by atoms with E-state index in [1.54, 1.807) is 11.0 Å². The summed E-state index contributed by atoms with van der Waals surface area (Å²) < 4.78 is 15.4. The van der Waals surface area contributed by atoms with Crippen molar-refractivity contribution < 1.29 is 9.18 Å². The van der Waals surface area contributed by atoms with Gasteiger partial charge in [-0.3, -0.25) is 4.79 Å². The van der Waals surface area contributed by atoms with Crippen molar-refractivity contribution in [1.29, 1.82) is 0 Å². The normalized spacial score (nSPS) is 10.6. The first-order chi connectivity index (χ1) is 11.6. The van der Waals surface area contributed by atoms with E-state index < -0.39 is 11.7 Å². The third-order valence-electron chi connectivity index (χ3n) is 3.46. The number of halogens is 2. The van der Waals surface area contributed by atoms with Crippen LogP contribution in [0.1, 0.15) is 21.5 Å². The second-order valence-electron chi connectivity index (χ2n) is 5.22. The molecule has 3 rings (SSSR count). The van der Waals surface area contributed by atoms with Crippen LogP contribution in [-0.4, -0.2) is 20.7 Å². The second kappa shape index (κ2) is 7.23. The molecule has 0 unspecified atom stereocenters. The summed E-state index contributed by atoms with van der Waals surface area (Å²) in [4.78, 5) is 15.9. The molecule has 1 aromatic heterocycles. The van der Waals surface area contributed by atoms with Gasteiger partial charge in [0, 0.05) is 11.6 Å². The third kappa shape index (κ3) is 3.97. The zero-order valence-electron chi connectivity index (χ0n) is 12.6. The lowest BCUT2D eigenvalue weighted by Gasteiger charge is -2.08. The molecule has 0 saturated carbocycles. The van der Waals surface area contributed by atoms with Crippen molar-refractivity contribution in [2.45, 2.75) is 13.1 Å². The van der Waals surface area contributed by atoms with E-state index >= 15 is 0 Å². The van der Waals surface area contributed by atoms with E-state index in [4.69, 9.17) is 11.6 Å². The minimum Gasteiger partial charge on any atom is -0.348 e. The summed E-state index contributed by atoms with van der Waals surface area (Å²) >= 11 is 5.80. The van der Waals surface area contributed by atoms with Crippen molar-refractivity contribution in [2.24, 2.45) is 0 Å². The lowest BCUT2D eigenvalue weighted by molar-refractivity contribution is 0.0947. The quantitative estimate of drug-likeness (QED) is 0.774. The molecule has 24 heavy (non-hydrogen) atoms. The summed E-state index contributed by atoms with van der Waals surface area (Å²) in [7, 11) is 0. The van der Waals surface area contributed by atoms with Gasteiger partial charge in [0.15, 0.2) is 0 Å².